The predicted molar refractivity (Wildman–Crippen MR) is 48.7 cm³/mol. The van der Waals surface area contributed by atoms with E-state index >= 15 is 0 Å². The van der Waals surface area contributed by atoms with Crippen molar-refractivity contribution in [3.63, 3.8) is 0 Å². The van der Waals surface area contributed by atoms with Crippen LogP contribution in [-0.2, 0) is 9.47 Å². The van der Waals surface area contributed by atoms with Crippen LogP contribution in [0.4, 0.5) is 0 Å². The van der Waals surface area contributed by atoms with Crippen LogP contribution in [0.5, 0.6) is 0 Å². The standard InChI is InChI=1S/C5H9Cl3O2Si/c6-11(7,8)2-1-9-3-5-4-10-5/h5H,1-4H2. The molecular formula is C5H9Cl3O2Si. The van der Waals surface area contributed by atoms with Crippen LogP contribution < -0.4 is 0 Å². The van der Waals surface area contributed by atoms with E-state index in [2.05, 4.69) is 0 Å². The zero-order valence-corrected chi connectivity index (χ0v) is 9.12. The van der Waals surface area contributed by atoms with Crippen molar-refractivity contribution in [3.05, 3.63) is 0 Å². The minimum Gasteiger partial charge on any atom is -0.379 e. The fourth-order valence-electron chi connectivity index (χ4n) is 0.567. The fraction of sp³-hybridized carbons (Fsp3) is 1.00. The van der Waals surface area contributed by atoms with Crippen molar-refractivity contribution in [2.45, 2.75) is 12.1 Å². The average molecular weight is 236 g/mol. The molecule has 1 unspecified atom stereocenters. The molecule has 66 valence electrons. The van der Waals surface area contributed by atoms with Gasteiger partial charge in [0.1, 0.15) is 6.10 Å². The van der Waals surface area contributed by atoms with Crippen molar-refractivity contribution in [3.8, 4) is 0 Å². The first-order valence-corrected chi connectivity index (χ1v) is 8.58. The topological polar surface area (TPSA) is 21.8 Å². The quantitative estimate of drug-likeness (QED) is 0.315. The number of hydrogen-bond donors (Lipinski definition) is 0. The average Bonchev–Trinajstić information content (AvgIpc) is 2.60. The van der Waals surface area contributed by atoms with Crippen LogP contribution in [0.25, 0.3) is 0 Å². The molecule has 1 rings (SSSR count). The Balaban J connectivity index is 1.87. The molecule has 0 radical (unpaired) electrons. The molecule has 0 aromatic heterocycles. The van der Waals surface area contributed by atoms with Gasteiger partial charge in [0.15, 0.2) is 0 Å². The van der Waals surface area contributed by atoms with Gasteiger partial charge in [-0.3, -0.25) is 0 Å². The summed E-state index contributed by atoms with van der Waals surface area (Å²) in [5.41, 5.74) is 0. The summed E-state index contributed by atoms with van der Waals surface area (Å²) in [4.78, 5) is 0. The molecule has 1 atom stereocenters. The van der Waals surface area contributed by atoms with E-state index in [4.69, 9.17) is 42.7 Å². The van der Waals surface area contributed by atoms with Crippen molar-refractivity contribution >= 4 is 39.2 Å². The summed E-state index contributed by atoms with van der Waals surface area (Å²) < 4.78 is 10.1. The van der Waals surface area contributed by atoms with E-state index in [1.807, 2.05) is 0 Å². The maximum Gasteiger partial charge on any atom is 0.343 e. The Morgan fingerprint density at radius 3 is 2.55 bits per heavy atom. The molecule has 0 bridgehead atoms. The Morgan fingerprint density at radius 1 is 1.45 bits per heavy atom. The predicted octanol–water partition coefficient (Wildman–Crippen LogP) is 2.06. The number of rotatable bonds is 5. The molecule has 0 spiro atoms. The highest BCUT2D eigenvalue weighted by molar-refractivity contribution is 7.64. The third-order valence-electron chi connectivity index (χ3n) is 1.24. The van der Waals surface area contributed by atoms with Crippen molar-refractivity contribution in [2.24, 2.45) is 0 Å². The van der Waals surface area contributed by atoms with Crippen molar-refractivity contribution in [1.29, 1.82) is 0 Å². The number of epoxide rings is 1. The van der Waals surface area contributed by atoms with Gasteiger partial charge in [0.2, 0.25) is 0 Å². The van der Waals surface area contributed by atoms with Gasteiger partial charge in [-0.15, -0.1) is 33.2 Å². The summed E-state index contributed by atoms with van der Waals surface area (Å²) in [7, 11) is 0. The number of halogens is 3. The lowest BCUT2D eigenvalue weighted by atomic mass is 10.5. The number of hydrogen-bond acceptors (Lipinski definition) is 2. The van der Waals surface area contributed by atoms with Gasteiger partial charge in [0, 0.05) is 12.7 Å². The summed E-state index contributed by atoms with van der Waals surface area (Å²) >= 11 is 16.9. The van der Waals surface area contributed by atoms with E-state index in [0.717, 1.165) is 6.61 Å². The van der Waals surface area contributed by atoms with E-state index in [1.54, 1.807) is 0 Å². The van der Waals surface area contributed by atoms with Gasteiger partial charge in [0.05, 0.1) is 13.2 Å². The molecule has 0 amide bonds. The van der Waals surface area contributed by atoms with Crippen molar-refractivity contribution in [1.82, 2.24) is 0 Å². The minimum atomic E-state index is -2.46. The third-order valence-corrected chi connectivity index (χ3v) is 3.71. The normalized spacial score (nSPS) is 23.7. The van der Waals surface area contributed by atoms with Gasteiger partial charge in [0.25, 0.3) is 0 Å². The van der Waals surface area contributed by atoms with Crippen LogP contribution >= 0.6 is 33.2 Å². The zero-order chi connectivity index (χ0) is 8.32. The molecule has 6 heteroatoms. The van der Waals surface area contributed by atoms with Crippen LogP contribution in [0.1, 0.15) is 0 Å². The molecule has 0 aromatic carbocycles. The lowest BCUT2D eigenvalue weighted by molar-refractivity contribution is 0.128. The highest BCUT2D eigenvalue weighted by atomic mass is 35.8. The van der Waals surface area contributed by atoms with E-state index < -0.39 is 6.00 Å². The van der Waals surface area contributed by atoms with E-state index in [-0.39, 0.29) is 0 Å². The van der Waals surface area contributed by atoms with Gasteiger partial charge in [-0.2, -0.15) is 0 Å². The molecule has 0 aliphatic carbocycles. The molecule has 1 heterocycles. The Labute approximate surface area is 80.8 Å². The third kappa shape index (κ3) is 6.19. The highest BCUT2D eigenvalue weighted by Crippen LogP contribution is 2.24. The first-order chi connectivity index (χ1) is 5.08. The fourth-order valence-corrected chi connectivity index (χ4v) is 1.64. The van der Waals surface area contributed by atoms with Gasteiger partial charge in [-0.05, 0) is 0 Å². The molecule has 11 heavy (non-hydrogen) atoms. The summed E-state index contributed by atoms with van der Waals surface area (Å²) in [5.74, 6) is 0. The summed E-state index contributed by atoms with van der Waals surface area (Å²) in [6.07, 6.45) is 0.298. The maximum absolute atomic E-state index is 5.62. The van der Waals surface area contributed by atoms with Crippen LogP contribution in [0.3, 0.4) is 0 Å². The summed E-state index contributed by atoms with van der Waals surface area (Å²) in [6.45, 7) is 1.98. The van der Waals surface area contributed by atoms with E-state index in [0.29, 0.717) is 25.4 Å². The molecule has 1 fully saturated rings. The summed E-state index contributed by atoms with van der Waals surface area (Å²) in [5, 5.41) is 0. The van der Waals surface area contributed by atoms with Crippen LogP contribution in [-0.4, -0.2) is 31.9 Å². The molecule has 1 aliphatic rings. The molecule has 1 saturated heterocycles. The SMILES string of the molecule is Cl[Si](Cl)(Cl)CCOCC1CO1. The zero-order valence-electron chi connectivity index (χ0n) is 5.86. The smallest absolute Gasteiger partial charge is 0.343 e. The second-order valence-corrected chi connectivity index (χ2v) is 11.7. The molecule has 1 aliphatic heterocycles. The van der Waals surface area contributed by atoms with Crippen LogP contribution in [0.2, 0.25) is 6.04 Å². The molecule has 2 nitrogen and oxygen atoms in total. The Morgan fingerprint density at radius 2 is 2.09 bits per heavy atom. The lowest BCUT2D eigenvalue weighted by Crippen LogP contribution is -2.14. The maximum atomic E-state index is 5.62. The van der Waals surface area contributed by atoms with Crippen molar-refractivity contribution in [2.75, 3.05) is 19.8 Å². The van der Waals surface area contributed by atoms with Gasteiger partial charge < -0.3 is 9.47 Å². The van der Waals surface area contributed by atoms with E-state index in [1.165, 1.54) is 0 Å². The number of ether oxygens (including phenoxy) is 2. The van der Waals surface area contributed by atoms with Gasteiger partial charge in [-0.25, -0.2) is 0 Å². The monoisotopic (exact) mass is 234 g/mol. The second-order valence-electron chi connectivity index (χ2n) is 2.40. The first-order valence-electron chi connectivity index (χ1n) is 3.34. The molecule has 0 aromatic rings. The lowest BCUT2D eigenvalue weighted by Gasteiger charge is -2.06. The Hall–Kier alpha value is 1.01. The summed E-state index contributed by atoms with van der Waals surface area (Å²) in [6, 6.07) is -1.90. The first kappa shape index (κ1) is 10.1. The molecule has 0 saturated carbocycles. The molecule has 0 N–H and O–H groups in total. The highest BCUT2D eigenvalue weighted by Gasteiger charge is 2.26. The molecular weight excluding hydrogens is 226 g/mol. The van der Waals surface area contributed by atoms with Crippen molar-refractivity contribution < 1.29 is 9.47 Å². The van der Waals surface area contributed by atoms with Crippen LogP contribution in [0.15, 0.2) is 0 Å². The second kappa shape index (κ2) is 4.30. The largest absolute Gasteiger partial charge is 0.379 e. The van der Waals surface area contributed by atoms with E-state index in [9.17, 15) is 0 Å². The minimum absolute atomic E-state index is 0.298. The Bertz CT molecular complexity index is 123. The Kier molecular flexibility index (Phi) is 3.95. The van der Waals surface area contributed by atoms with Crippen LogP contribution in [0, 0.1) is 0 Å². The van der Waals surface area contributed by atoms with Gasteiger partial charge in [-0.1, -0.05) is 0 Å². The van der Waals surface area contributed by atoms with Gasteiger partial charge >= 0.3 is 6.00 Å².